The van der Waals surface area contributed by atoms with Gasteiger partial charge in [-0.25, -0.2) is 0 Å². The van der Waals surface area contributed by atoms with E-state index in [9.17, 15) is 5.11 Å². The molecule has 1 aliphatic rings. The van der Waals surface area contributed by atoms with E-state index >= 15 is 0 Å². The van der Waals surface area contributed by atoms with Crippen LogP contribution >= 0.6 is 0 Å². The average Bonchev–Trinajstić information content (AvgIpc) is 2.13. The van der Waals surface area contributed by atoms with Crippen LogP contribution in [0.1, 0.15) is 47.5 Å². The SMILES string of the molecule is CCN(CC(C)C)C1C(C)CC(C)CC1O. The fourth-order valence-corrected chi connectivity index (χ4v) is 3.34. The minimum atomic E-state index is -0.127. The van der Waals surface area contributed by atoms with E-state index < -0.39 is 0 Å². The van der Waals surface area contributed by atoms with Crippen LogP contribution in [0.3, 0.4) is 0 Å². The second-order valence-corrected chi connectivity index (χ2v) is 6.09. The van der Waals surface area contributed by atoms with Gasteiger partial charge in [-0.1, -0.05) is 34.6 Å². The topological polar surface area (TPSA) is 23.5 Å². The highest BCUT2D eigenvalue weighted by Gasteiger charge is 2.36. The molecule has 96 valence electrons. The quantitative estimate of drug-likeness (QED) is 0.798. The summed E-state index contributed by atoms with van der Waals surface area (Å²) in [6, 6.07) is 0.378. The average molecular weight is 227 g/mol. The van der Waals surface area contributed by atoms with Gasteiger partial charge >= 0.3 is 0 Å². The number of rotatable bonds is 4. The first-order valence-corrected chi connectivity index (χ1v) is 6.87. The van der Waals surface area contributed by atoms with E-state index in [-0.39, 0.29) is 6.10 Å². The smallest absolute Gasteiger partial charge is 0.0700 e. The van der Waals surface area contributed by atoms with Crippen molar-refractivity contribution in [1.29, 1.82) is 0 Å². The highest BCUT2D eigenvalue weighted by molar-refractivity contribution is 4.89. The third-order valence-corrected chi connectivity index (χ3v) is 3.82. The minimum Gasteiger partial charge on any atom is -0.391 e. The maximum absolute atomic E-state index is 10.3. The molecule has 1 N–H and O–H groups in total. The molecule has 1 rings (SSSR count). The molecule has 0 spiro atoms. The third kappa shape index (κ3) is 3.46. The number of hydrogen-bond acceptors (Lipinski definition) is 2. The van der Waals surface area contributed by atoms with Crippen molar-refractivity contribution in [2.24, 2.45) is 17.8 Å². The molecule has 0 bridgehead atoms. The van der Waals surface area contributed by atoms with Gasteiger partial charge in [0.2, 0.25) is 0 Å². The highest BCUT2D eigenvalue weighted by Crippen LogP contribution is 2.32. The summed E-state index contributed by atoms with van der Waals surface area (Å²) in [5, 5.41) is 10.3. The van der Waals surface area contributed by atoms with E-state index in [0.29, 0.717) is 23.8 Å². The first kappa shape index (κ1) is 14.0. The molecule has 4 unspecified atom stereocenters. The van der Waals surface area contributed by atoms with Crippen molar-refractivity contribution < 1.29 is 5.11 Å². The summed E-state index contributed by atoms with van der Waals surface area (Å²) in [4.78, 5) is 2.48. The van der Waals surface area contributed by atoms with E-state index in [1.165, 1.54) is 6.42 Å². The van der Waals surface area contributed by atoms with E-state index in [0.717, 1.165) is 19.5 Å². The lowest BCUT2D eigenvalue weighted by Gasteiger charge is -2.44. The first-order valence-electron chi connectivity index (χ1n) is 6.87. The Labute approximate surface area is 101 Å². The van der Waals surface area contributed by atoms with Crippen molar-refractivity contribution in [3.8, 4) is 0 Å². The summed E-state index contributed by atoms with van der Waals surface area (Å²) in [7, 11) is 0. The summed E-state index contributed by atoms with van der Waals surface area (Å²) in [5.41, 5.74) is 0. The van der Waals surface area contributed by atoms with Crippen LogP contribution in [-0.2, 0) is 0 Å². The van der Waals surface area contributed by atoms with Crippen LogP contribution < -0.4 is 0 Å². The van der Waals surface area contributed by atoms with Gasteiger partial charge in [0.15, 0.2) is 0 Å². The summed E-state index contributed by atoms with van der Waals surface area (Å²) >= 11 is 0. The van der Waals surface area contributed by atoms with Gasteiger partial charge in [-0.3, -0.25) is 4.90 Å². The molecule has 0 aromatic rings. The van der Waals surface area contributed by atoms with Crippen LogP contribution in [0.5, 0.6) is 0 Å². The van der Waals surface area contributed by atoms with Gasteiger partial charge in [-0.05, 0) is 37.1 Å². The fraction of sp³-hybridized carbons (Fsp3) is 1.00. The standard InChI is InChI=1S/C14H29NO/c1-6-15(9-10(2)3)14-12(5)7-11(4)8-13(14)16/h10-14,16H,6-9H2,1-5H3. The Balaban J connectivity index is 2.67. The van der Waals surface area contributed by atoms with Gasteiger partial charge in [-0.15, -0.1) is 0 Å². The summed E-state index contributed by atoms with van der Waals surface area (Å²) in [6.45, 7) is 13.4. The summed E-state index contributed by atoms with van der Waals surface area (Å²) in [5.74, 6) is 1.98. The van der Waals surface area contributed by atoms with Crippen LogP contribution in [0.15, 0.2) is 0 Å². The largest absolute Gasteiger partial charge is 0.391 e. The normalized spacial score (nSPS) is 36.0. The molecule has 0 aliphatic heterocycles. The van der Waals surface area contributed by atoms with E-state index in [4.69, 9.17) is 0 Å². The molecule has 1 aliphatic carbocycles. The van der Waals surface area contributed by atoms with E-state index in [2.05, 4.69) is 39.5 Å². The third-order valence-electron chi connectivity index (χ3n) is 3.82. The molecule has 2 heteroatoms. The molecule has 0 amide bonds. The Morgan fingerprint density at radius 1 is 1.25 bits per heavy atom. The molecule has 1 saturated carbocycles. The van der Waals surface area contributed by atoms with Crippen molar-refractivity contribution in [1.82, 2.24) is 4.90 Å². The molecule has 0 aromatic carbocycles. The molecule has 0 aromatic heterocycles. The molecule has 4 atom stereocenters. The Morgan fingerprint density at radius 2 is 1.88 bits per heavy atom. The van der Waals surface area contributed by atoms with Crippen molar-refractivity contribution in [2.45, 2.75) is 59.6 Å². The molecule has 2 nitrogen and oxygen atoms in total. The van der Waals surface area contributed by atoms with Gasteiger partial charge in [0, 0.05) is 12.6 Å². The predicted molar refractivity (Wildman–Crippen MR) is 69.4 cm³/mol. The van der Waals surface area contributed by atoms with Crippen LogP contribution in [0.4, 0.5) is 0 Å². The van der Waals surface area contributed by atoms with Crippen molar-refractivity contribution in [2.75, 3.05) is 13.1 Å². The Bertz CT molecular complexity index is 193. The maximum atomic E-state index is 10.3. The first-order chi connectivity index (χ1) is 7.45. The van der Waals surface area contributed by atoms with E-state index in [1.54, 1.807) is 0 Å². The zero-order chi connectivity index (χ0) is 12.3. The Hall–Kier alpha value is -0.0800. The van der Waals surface area contributed by atoms with Crippen LogP contribution in [-0.4, -0.2) is 35.2 Å². The van der Waals surface area contributed by atoms with Gasteiger partial charge in [-0.2, -0.15) is 0 Å². The molecular weight excluding hydrogens is 198 g/mol. The van der Waals surface area contributed by atoms with Crippen LogP contribution in [0.25, 0.3) is 0 Å². The lowest BCUT2D eigenvalue weighted by Crippen LogP contribution is -2.52. The second kappa shape index (κ2) is 6.02. The molecule has 1 fully saturated rings. The minimum absolute atomic E-state index is 0.127. The molecule has 0 radical (unpaired) electrons. The molecule has 0 saturated heterocycles. The van der Waals surface area contributed by atoms with Crippen molar-refractivity contribution in [3.63, 3.8) is 0 Å². The van der Waals surface area contributed by atoms with Crippen molar-refractivity contribution >= 4 is 0 Å². The monoisotopic (exact) mass is 227 g/mol. The van der Waals surface area contributed by atoms with Gasteiger partial charge in [0.1, 0.15) is 0 Å². The summed E-state index contributed by atoms with van der Waals surface area (Å²) in [6.07, 6.45) is 2.11. The number of likely N-dealkylation sites (N-methyl/N-ethyl adjacent to an activating group) is 1. The zero-order valence-corrected chi connectivity index (χ0v) is 11.6. The predicted octanol–water partition coefficient (Wildman–Crippen LogP) is 2.76. The fourth-order valence-electron chi connectivity index (χ4n) is 3.34. The molecule has 16 heavy (non-hydrogen) atoms. The summed E-state index contributed by atoms with van der Waals surface area (Å²) < 4.78 is 0. The van der Waals surface area contributed by atoms with Crippen LogP contribution in [0.2, 0.25) is 0 Å². The number of aliphatic hydroxyl groups excluding tert-OH is 1. The number of hydrogen-bond donors (Lipinski definition) is 1. The lowest BCUT2D eigenvalue weighted by atomic mass is 9.77. The van der Waals surface area contributed by atoms with E-state index in [1.807, 2.05) is 0 Å². The van der Waals surface area contributed by atoms with Crippen molar-refractivity contribution in [3.05, 3.63) is 0 Å². The zero-order valence-electron chi connectivity index (χ0n) is 11.6. The second-order valence-electron chi connectivity index (χ2n) is 6.09. The van der Waals surface area contributed by atoms with Gasteiger partial charge in [0.05, 0.1) is 6.10 Å². The maximum Gasteiger partial charge on any atom is 0.0700 e. The van der Waals surface area contributed by atoms with Gasteiger partial charge in [0.25, 0.3) is 0 Å². The van der Waals surface area contributed by atoms with Crippen LogP contribution in [0, 0.1) is 17.8 Å². The lowest BCUT2D eigenvalue weighted by molar-refractivity contribution is -0.0263. The molecular formula is C14H29NO. The number of aliphatic hydroxyl groups is 1. The molecule has 0 heterocycles. The Morgan fingerprint density at radius 3 is 2.31 bits per heavy atom. The Kier molecular flexibility index (Phi) is 5.26. The highest BCUT2D eigenvalue weighted by atomic mass is 16.3. The number of nitrogens with zero attached hydrogens (tertiary/aromatic N) is 1. The van der Waals surface area contributed by atoms with Gasteiger partial charge < -0.3 is 5.11 Å².